The Morgan fingerprint density at radius 1 is 1.33 bits per heavy atom. The van der Waals surface area contributed by atoms with Gasteiger partial charge >= 0.3 is 12.0 Å². The number of carboxylic acids is 1. The number of aliphatic carboxylic acids is 1. The van der Waals surface area contributed by atoms with E-state index in [1.165, 1.54) is 4.90 Å². The van der Waals surface area contributed by atoms with Crippen molar-refractivity contribution >= 4 is 21.8 Å². The molecule has 0 saturated carbocycles. The van der Waals surface area contributed by atoms with E-state index < -0.39 is 21.8 Å². The third-order valence-electron chi connectivity index (χ3n) is 3.92. The Morgan fingerprint density at radius 3 is 2.62 bits per heavy atom. The molecule has 0 radical (unpaired) electrons. The zero-order valence-corrected chi connectivity index (χ0v) is 12.8. The van der Waals surface area contributed by atoms with Crippen molar-refractivity contribution in [3.8, 4) is 0 Å². The minimum Gasteiger partial charge on any atom is -0.481 e. The van der Waals surface area contributed by atoms with Gasteiger partial charge in [0.15, 0.2) is 9.84 Å². The van der Waals surface area contributed by atoms with Gasteiger partial charge in [0.1, 0.15) is 0 Å². The number of nitrogens with zero attached hydrogens (tertiary/aromatic N) is 2. The van der Waals surface area contributed by atoms with Crippen molar-refractivity contribution < 1.29 is 23.1 Å². The van der Waals surface area contributed by atoms with Crippen molar-refractivity contribution in [2.45, 2.75) is 24.9 Å². The largest absolute Gasteiger partial charge is 0.481 e. The number of carbonyl (C=O) groups excluding carboxylic acids is 1. The van der Waals surface area contributed by atoms with Gasteiger partial charge in [-0.3, -0.25) is 4.79 Å². The average molecular weight is 319 g/mol. The quantitative estimate of drug-likeness (QED) is 0.689. The molecule has 0 aliphatic carbocycles. The highest BCUT2D eigenvalue weighted by Crippen LogP contribution is 2.16. The number of hydrogen-bond donors (Lipinski definition) is 2. The zero-order valence-electron chi connectivity index (χ0n) is 12.0. The van der Waals surface area contributed by atoms with Crippen LogP contribution in [0, 0.1) is 0 Å². The Morgan fingerprint density at radius 2 is 2.05 bits per heavy atom. The smallest absolute Gasteiger partial charge is 0.317 e. The maximum absolute atomic E-state index is 12.3. The maximum Gasteiger partial charge on any atom is 0.317 e. The molecule has 2 saturated heterocycles. The summed E-state index contributed by atoms with van der Waals surface area (Å²) in [4.78, 5) is 26.6. The van der Waals surface area contributed by atoms with E-state index in [1.807, 2.05) is 7.05 Å². The van der Waals surface area contributed by atoms with Gasteiger partial charge in [-0.1, -0.05) is 0 Å². The highest BCUT2D eigenvalue weighted by Gasteiger charge is 2.36. The van der Waals surface area contributed by atoms with E-state index in [2.05, 4.69) is 10.2 Å². The van der Waals surface area contributed by atoms with Gasteiger partial charge in [0.25, 0.3) is 0 Å². The van der Waals surface area contributed by atoms with Crippen LogP contribution in [-0.4, -0.2) is 85.6 Å². The molecule has 0 spiro atoms. The number of rotatable bonds is 3. The lowest BCUT2D eigenvalue weighted by Gasteiger charge is -2.35. The van der Waals surface area contributed by atoms with E-state index >= 15 is 0 Å². The van der Waals surface area contributed by atoms with Crippen molar-refractivity contribution in [3.63, 3.8) is 0 Å². The Bertz CT molecular complexity index is 521. The number of likely N-dealkylation sites (N-methyl/N-ethyl adjacent to an activating group) is 1. The van der Waals surface area contributed by atoms with Crippen molar-refractivity contribution in [1.29, 1.82) is 0 Å². The molecule has 21 heavy (non-hydrogen) atoms. The van der Waals surface area contributed by atoms with E-state index in [0.717, 1.165) is 19.5 Å². The second-order valence-electron chi connectivity index (χ2n) is 5.76. The summed E-state index contributed by atoms with van der Waals surface area (Å²) in [6, 6.07) is -1.12. The Hall–Kier alpha value is -1.35. The van der Waals surface area contributed by atoms with Crippen molar-refractivity contribution in [1.82, 2.24) is 15.1 Å². The van der Waals surface area contributed by atoms with Crippen molar-refractivity contribution in [2.75, 3.05) is 38.2 Å². The summed E-state index contributed by atoms with van der Waals surface area (Å²) in [6.07, 6.45) is 0.495. The number of likely N-dealkylation sites (tertiary alicyclic amines) is 1. The summed E-state index contributed by atoms with van der Waals surface area (Å²) >= 11 is 0. The van der Waals surface area contributed by atoms with Crippen LogP contribution in [0.25, 0.3) is 0 Å². The molecule has 2 unspecified atom stereocenters. The summed E-state index contributed by atoms with van der Waals surface area (Å²) < 4.78 is 23.3. The minimum absolute atomic E-state index is 0.0338. The number of hydrogen-bond acceptors (Lipinski definition) is 5. The number of nitrogens with one attached hydrogen (secondary N) is 1. The fourth-order valence-corrected chi connectivity index (χ4v) is 4.36. The standard InChI is InChI=1S/C12H21N3O5S/c1-14-3-2-9(7-14)13-12(18)15-4-5-21(19,20)8-10(15)6-11(16)17/h9-10H,2-8H2,1H3,(H,13,18)(H,16,17). The fraction of sp³-hybridized carbons (Fsp3) is 0.833. The lowest BCUT2D eigenvalue weighted by molar-refractivity contribution is -0.138. The Kier molecular flexibility index (Phi) is 4.72. The average Bonchev–Trinajstić information content (AvgIpc) is 2.72. The van der Waals surface area contributed by atoms with Gasteiger partial charge in [0, 0.05) is 19.1 Å². The lowest BCUT2D eigenvalue weighted by atomic mass is 10.2. The molecule has 2 atom stereocenters. The number of amides is 2. The topological polar surface area (TPSA) is 107 Å². The molecule has 2 fully saturated rings. The Labute approximate surface area is 124 Å². The van der Waals surface area contributed by atoms with E-state index in [9.17, 15) is 18.0 Å². The molecule has 0 aromatic carbocycles. The molecule has 2 rings (SSSR count). The molecular formula is C12H21N3O5S. The summed E-state index contributed by atoms with van der Waals surface area (Å²) in [7, 11) is -1.31. The van der Waals surface area contributed by atoms with E-state index in [1.54, 1.807) is 0 Å². The number of carbonyl (C=O) groups is 2. The highest BCUT2D eigenvalue weighted by atomic mass is 32.2. The first-order chi connectivity index (χ1) is 9.77. The second kappa shape index (κ2) is 6.18. The first kappa shape index (κ1) is 16.0. The van der Waals surface area contributed by atoms with Crippen LogP contribution in [-0.2, 0) is 14.6 Å². The molecule has 0 aromatic heterocycles. The predicted molar refractivity (Wildman–Crippen MR) is 75.8 cm³/mol. The molecule has 0 bridgehead atoms. The molecule has 2 aliphatic rings. The number of urea groups is 1. The molecular weight excluding hydrogens is 298 g/mol. The van der Waals surface area contributed by atoms with E-state index in [-0.39, 0.29) is 36.5 Å². The monoisotopic (exact) mass is 319 g/mol. The molecule has 2 amide bonds. The molecule has 2 N–H and O–H groups in total. The minimum atomic E-state index is -3.27. The van der Waals surface area contributed by atoms with Crippen LogP contribution in [0.3, 0.4) is 0 Å². The number of carboxylic acid groups (broad SMARTS) is 1. The summed E-state index contributed by atoms with van der Waals surface area (Å²) in [6.45, 7) is 1.70. The van der Waals surface area contributed by atoms with Gasteiger partial charge in [-0.2, -0.15) is 0 Å². The van der Waals surface area contributed by atoms with Crippen molar-refractivity contribution in [2.24, 2.45) is 0 Å². The molecule has 2 heterocycles. The zero-order chi connectivity index (χ0) is 15.6. The van der Waals surface area contributed by atoms with E-state index in [4.69, 9.17) is 5.11 Å². The lowest BCUT2D eigenvalue weighted by Crippen LogP contribution is -2.56. The third-order valence-corrected chi connectivity index (χ3v) is 5.62. The Balaban J connectivity index is 2.01. The summed E-state index contributed by atoms with van der Waals surface area (Å²) in [5.74, 6) is -1.49. The third kappa shape index (κ3) is 4.31. The molecule has 120 valence electrons. The van der Waals surface area contributed by atoms with Crippen LogP contribution >= 0.6 is 0 Å². The fourth-order valence-electron chi connectivity index (χ4n) is 2.83. The van der Waals surface area contributed by atoms with Crippen LogP contribution in [0.1, 0.15) is 12.8 Å². The molecule has 0 aromatic rings. The van der Waals surface area contributed by atoms with Gasteiger partial charge in [0.2, 0.25) is 0 Å². The number of sulfone groups is 1. The molecule has 8 nitrogen and oxygen atoms in total. The summed E-state index contributed by atoms with van der Waals surface area (Å²) in [5.41, 5.74) is 0. The van der Waals surface area contributed by atoms with Gasteiger partial charge < -0.3 is 20.2 Å². The van der Waals surface area contributed by atoms with Crippen LogP contribution in [0.2, 0.25) is 0 Å². The second-order valence-corrected chi connectivity index (χ2v) is 7.99. The predicted octanol–water partition coefficient (Wildman–Crippen LogP) is -1.03. The van der Waals surface area contributed by atoms with Gasteiger partial charge in [-0.05, 0) is 20.0 Å². The van der Waals surface area contributed by atoms with Gasteiger partial charge in [-0.25, -0.2) is 13.2 Å². The van der Waals surface area contributed by atoms with Crippen LogP contribution in [0.15, 0.2) is 0 Å². The van der Waals surface area contributed by atoms with E-state index in [0.29, 0.717) is 0 Å². The van der Waals surface area contributed by atoms with Gasteiger partial charge in [-0.15, -0.1) is 0 Å². The van der Waals surface area contributed by atoms with Crippen molar-refractivity contribution in [3.05, 3.63) is 0 Å². The van der Waals surface area contributed by atoms with Crippen LogP contribution in [0.5, 0.6) is 0 Å². The molecule has 2 aliphatic heterocycles. The first-order valence-electron chi connectivity index (χ1n) is 6.95. The SMILES string of the molecule is CN1CCC(NC(=O)N2CCS(=O)(=O)CC2CC(=O)O)C1. The van der Waals surface area contributed by atoms with Crippen LogP contribution in [0.4, 0.5) is 4.79 Å². The first-order valence-corrected chi connectivity index (χ1v) is 8.77. The normalized spacial score (nSPS) is 29.3. The van der Waals surface area contributed by atoms with Gasteiger partial charge in [0.05, 0.1) is 24.0 Å². The van der Waals surface area contributed by atoms with Crippen LogP contribution < -0.4 is 5.32 Å². The highest BCUT2D eigenvalue weighted by molar-refractivity contribution is 7.91. The molecule has 9 heteroatoms. The maximum atomic E-state index is 12.3. The summed E-state index contributed by atoms with van der Waals surface area (Å²) in [5, 5.41) is 11.8.